The maximum atomic E-state index is 12.1. The van der Waals surface area contributed by atoms with Crippen molar-refractivity contribution in [3.63, 3.8) is 0 Å². The molecule has 1 heterocycles. The molecule has 1 saturated carbocycles. The number of amides is 2. The highest BCUT2D eigenvalue weighted by atomic mass is 32.1. The molecule has 2 rings (SSSR count). The van der Waals surface area contributed by atoms with Crippen molar-refractivity contribution in [1.29, 1.82) is 0 Å². The van der Waals surface area contributed by atoms with Crippen LogP contribution in [0.4, 0.5) is 0 Å². The highest BCUT2D eigenvalue weighted by molar-refractivity contribution is 7.80. The lowest BCUT2D eigenvalue weighted by Gasteiger charge is -2.39. The molecule has 3 N–H and O–H groups in total. The molecule has 1 aliphatic carbocycles. The van der Waals surface area contributed by atoms with Crippen LogP contribution in [0.5, 0.6) is 0 Å². The van der Waals surface area contributed by atoms with Crippen molar-refractivity contribution in [2.24, 2.45) is 11.1 Å². The van der Waals surface area contributed by atoms with E-state index in [4.69, 9.17) is 18.0 Å². The number of hydrogen-bond donors (Lipinski definition) is 2. The molecule has 0 aromatic heterocycles. The first-order valence-electron chi connectivity index (χ1n) is 7.42. The highest BCUT2D eigenvalue weighted by Gasteiger charge is 2.46. The summed E-state index contributed by atoms with van der Waals surface area (Å²) in [5, 5.41) is 2.82. The lowest BCUT2D eigenvalue weighted by molar-refractivity contribution is -0.133. The zero-order valence-corrected chi connectivity index (χ0v) is 12.6. The molecule has 2 fully saturated rings. The first-order valence-corrected chi connectivity index (χ1v) is 7.83. The van der Waals surface area contributed by atoms with Gasteiger partial charge in [-0.15, -0.1) is 0 Å². The van der Waals surface area contributed by atoms with Crippen LogP contribution in [-0.4, -0.2) is 41.3 Å². The molecule has 0 atom stereocenters. The summed E-state index contributed by atoms with van der Waals surface area (Å²) in [6, 6.07) is 0. The van der Waals surface area contributed by atoms with E-state index in [0.29, 0.717) is 13.0 Å². The van der Waals surface area contributed by atoms with E-state index < -0.39 is 5.41 Å². The van der Waals surface area contributed by atoms with E-state index in [2.05, 4.69) is 5.32 Å². The van der Waals surface area contributed by atoms with Crippen LogP contribution < -0.4 is 11.1 Å². The van der Waals surface area contributed by atoms with Crippen LogP contribution in [0.25, 0.3) is 0 Å². The number of likely N-dealkylation sites (tertiary alicyclic amines) is 1. The molecule has 0 radical (unpaired) electrons. The van der Waals surface area contributed by atoms with Gasteiger partial charge in [0.2, 0.25) is 11.8 Å². The Kier molecular flexibility index (Phi) is 4.96. The maximum Gasteiger partial charge on any atom is 0.233 e. The Morgan fingerprint density at radius 3 is 2.30 bits per heavy atom. The van der Waals surface area contributed by atoms with Crippen LogP contribution in [-0.2, 0) is 9.59 Å². The predicted octanol–water partition coefficient (Wildman–Crippen LogP) is 0.962. The Morgan fingerprint density at radius 1 is 1.15 bits per heavy atom. The first kappa shape index (κ1) is 15.2. The summed E-state index contributed by atoms with van der Waals surface area (Å²) >= 11 is 5.00. The molecular formula is C14H23N3O2S. The molecular weight excluding hydrogens is 274 g/mol. The van der Waals surface area contributed by atoms with Gasteiger partial charge in [-0.25, -0.2) is 0 Å². The van der Waals surface area contributed by atoms with E-state index in [0.717, 1.165) is 45.2 Å². The topological polar surface area (TPSA) is 75.4 Å². The van der Waals surface area contributed by atoms with Gasteiger partial charge >= 0.3 is 0 Å². The van der Waals surface area contributed by atoms with E-state index in [1.807, 2.05) is 4.90 Å². The second-order valence-corrected chi connectivity index (χ2v) is 6.19. The van der Waals surface area contributed by atoms with E-state index in [1.165, 1.54) is 6.42 Å². The molecule has 112 valence electrons. The molecule has 1 aliphatic heterocycles. The Bertz CT molecular complexity index is 401. The van der Waals surface area contributed by atoms with Crippen molar-refractivity contribution in [1.82, 2.24) is 10.2 Å². The third-order valence-electron chi connectivity index (χ3n) is 4.45. The smallest absolute Gasteiger partial charge is 0.233 e. The number of hydrogen-bond acceptors (Lipinski definition) is 3. The van der Waals surface area contributed by atoms with Crippen molar-refractivity contribution in [2.75, 3.05) is 19.6 Å². The third-order valence-corrected chi connectivity index (χ3v) is 4.84. The van der Waals surface area contributed by atoms with Crippen LogP contribution in [0.3, 0.4) is 0 Å². The molecule has 2 amide bonds. The zero-order valence-electron chi connectivity index (χ0n) is 11.8. The fraction of sp³-hybridized carbons (Fsp3) is 0.786. The number of piperidine rings is 1. The minimum atomic E-state index is -0.649. The van der Waals surface area contributed by atoms with Crippen molar-refractivity contribution in [3.8, 4) is 0 Å². The van der Waals surface area contributed by atoms with E-state index >= 15 is 0 Å². The molecule has 6 heteroatoms. The summed E-state index contributed by atoms with van der Waals surface area (Å²) in [6.07, 6.45) is 6.18. The lowest BCUT2D eigenvalue weighted by atomic mass is 9.68. The highest BCUT2D eigenvalue weighted by Crippen LogP contribution is 2.41. The van der Waals surface area contributed by atoms with Gasteiger partial charge in [0, 0.05) is 26.1 Å². The average molecular weight is 297 g/mol. The summed E-state index contributed by atoms with van der Waals surface area (Å²) in [4.78, 5) is 26.3. The fourth-order valence-electron chi connectivity index (χ4n) is 2.87. The Morgan fingerprint density at radius 2 is 1.80 bits per heavy atom. The zero-order chi connectivity index (χ0) is 14.6. The van der Waals surface area contributed by atoms with Gasteiger partial charge in [-0.2, -0.15) is 0 Å². The molecule has 0 aromatic rings. The molecule has 0 bridgehead atoms. The number of carbonyl (C=O) groups is 2. The lowest BCUT2D eigenvalue weighted by Crippen LogP contribution is -2.53. The molecule has 0 aromatic carbocycles. The number of rotatable bonds is 5. The Labute approximate surface area is 125 Å². The standard InChI is InChI=1S/C14H23N3O2S/c15-12(20)14(6-4-7-14)13(19)16-8-5-11(18)17-9-2-1-3-10-17/h1-10H2,(H2,15,20)(H,16,19). The van der Waals surface area contributed by atoms with Gasteiger partial charge in [0.25, 0.3) is 0 Å². The number of nitrogens with two attached hydrogens (primary N) is 1. The largest absolute Gasteiger partial charge is 0.392 e. The van der Waals surface area contributed by atoms with Crippen molar-refractivity contribution < 1.29 is 9.59 Å². The predicted molar refractivity (Wildman–Crippen MR) is 81.1 cm³/mol. The van der Waals surface area contributed by atoms with E-state index in [9.17, 15) is 9.59 Å². The second kappa shape index (κ2) is 6.52. The minimum absolute atomic E-state index is 0.109. The minimum Gasteiger partial charge on any atom is -0.392 e. The SMILES string of the molecule is NC(=S)C1(C(=O)NCCC(=O)N2CCCCC2)CCC1. The van der Waals surface area contributed by atoms with Crippen LogP contribution >= 0.6 is 12.2 Å². The maximum absolute atomic E-state index is 12.1. The normalized spacial score (nSPS) is 20.9. The van der Waals surface area contributed by atoms with Crippen LogP contribution in [0.15, 0.2) is 0 Å². The Hall–Kier alpha value is -1.17. The van der Waals surface area contributed by atoms with Crippen molar-refractivity contribution in [3.05, 3.63) is 0 Å². The van der Waals surface area contributed by atoms with Gasteiger partial charge in [0.15, 0.2) is 0 Å². The van der Waals surface area contributed by atoms with Crippen molar-refractivity contribution >= 4 is 29.0 Å². The summed E-state index contributed by atoms with van der Waals surface area (Å²) in [7, 11) is 0. The average Bonchev–Trinajstić information content (AvgIpc) is 2.37. The van der Waals surface area contributed by atoms with E-state index in [-0.39, 0.29) is 16.8 Å². The molecule has 0 unspecified atom stereocenters. The first-order chi connectivity index (χ1) is 9.56. The quantitative estimate of drug-likeness (QED) is 0.741. The van der Waals surface area contributed by atoms with Gasteiger partial charge in [0.1, 0.15) is 0 Å². The van der Waals surface area contributed by atoms with E-state index in [1.54, 1.807) is 0 Å². The third kappa shape index (κ3) is 3.11. The monoisotopic (exact) mass is 297 g/mol. The van der Waals surface area contributed by atoms with Gasteiger partial charge in [-0.05, 0) is 32.1 Å². The fourth-order valence-corrected chi connectivity index (χ4v) is 3.17. The molecule has 5 nitrogen and oxygen atoms in total. The van der Waals surface area contributed by atoms with Gasteiger partial charge < -0.3 is 16.0 Å². The number of nitrogens with zero attached hydrogens (tertiary/aromatic N) is 1. The van der Waals surface area contributed by atoms with Gasteiger partial charge in [0.05, 0.1) is 10.4 Å². The van der Waals surface area contributed by atoms with Crippen LogP contribution in [0.2, 0.25) is 0 Å². The summed E-state index contributed by atoms with van der Waals surface area (Å²) < 4.78 is 0. The molecule has 0 spiro atoms. The molecule has 1 saturated heterocycles. The molecule has 2 aliphatic rings. The van der Waals surface area contributed by atoms with Crippen LogP contribution in [0, 0.1) is 5.41 Å². The molecule has 20 heavy (non-hydrogen) atoms. The second-order valence-electron chi connectivity index (χ2n) is 5.75. The van der Waals surface area contributed by atoms with Gasteiger partial charge in [-0.3, -0.25) is 9.59 Å². The summed E-state index contributed by atoms with van der Waals surface area (Å²) in [5.74, 6) is 0.0191. The number of carbonyl (C=O) groups excluding carboxylic acids is 2. The summed E-state index contributed by atoms with van der Waals surface area (Å²) in [5.41, 5.74) is 5.03. The van der Waals surface area contributed by atoms with Gasteiger partial charge in [-0.1, -0.05) is 18.6 Å². The summed E-state index contributed by atoms with van der Waals surface area (Å²) in [6.45, 7) is 2.08. The van der Waals surface area contributed by atoms with Crippen molar-refractivity contribution in [2.45, 2.75) is 44.9 Å². The Balaban J connectivity index is 1.73. The number of nitrogens with one attached hydrogen (secondary N) is 1. The number of thiocarbonyl (C=S) groups is 1. The van der Waals surface area contributed by atoms with Crippen LogP contribution in [0.1, 0.15) is 44.9 Å².